The molecule has 0 bridgehead atoms. The Balaban J connectivity index is 2.75. The molecule has 0 N–H and O–H groups in total. The lowest BCUT2D eigenvalue weighted by atomic mass is 10.0. The van der Waals surface area contributed by atoms with Crippen LogP contribution in [0, 0.1) is 27.2 Å². The first kappa shape index (κ1) is 14.1. The normalized spacial score (nSPS) is 10.3. The maximum Gasteiger partial charge on any atom is 0.278 e. The number of hydrogen-bond donors (Lipinski definition) is 0. The van der Waals surface area contributed by atoms with Gasteiger partial charge in [-0.15, -0.1) is 0 Å². The van der Waals surface area contributed by atoms with Gasteiger partial charge in [0.25, 0.3) is 11.4 Å². The van der Waals surface area contributed by atoms with Crippen molar-refractivity contribution in [2.45, 2.75) is 6.92 Å². The van der Waals surface area contributed by atoms with Crippen molar-refractivity contribution in [1.82, 2.24) is 0 Å². The zero-order valence-corrected chi connectivity index (χ0v) is 12.0. The molecular weight excluding hydrogens is 328 g/mol. The smallest absolute Gasteiger partial charge is 0.258 e. The second-order valence-electron chi connectivity index (χ2n) is 4.20. The molecule has 2 aromatic rings. The van der Waals surface area contributed by atoms with Crippen LogP contribution in [0.4, 0.5) is 11.4 Å². The molecule has 20 heavy (non-hydrogen) atoms. The molecule has 0 heterocycles. The summed E-state index contributed by atoms with van der Waals surface area (Å²) in [4.78, 5) is 21.1. The highest BCUT2D eigenvalue weighted by molar-refractivity contribution is 9.10. The first-order chi connectivity index (χ1) is 9.40. The molecule has 2 rings (SSSR count). The van der Waals surface area contributed by atoms with Crippen LogP contribution >= 0.6 is 15.9 Å². The zero-order valence-electron chi connectivity index (χ0n) is 10.4. The fourth-order valence-electron chi connectivity index (χ4n) is 1.90. The molecule has 0 aliphatic carbocycles. The van der Waals surface area contributed by atoms with Crippen molar-refractivity contribution in [1.29, 1.82) is 0 Å². The number of nitro groups is 2. The van der Waals surface area contributed by atoms with Crippen molar-refractivity contribution in [3.63, 3.8) is 0 Å². The first-order valence-corrected chi connectivity index (χ1v) is 6.39. The summed E-state index contributed by atoms with van der Waals surface area (Å²) in [5.41, 5.74) is 0.867. The van der Waals surface area contributed by atoms with Gasteiger partial charge in [-0.25, -0.2) is 0 Å². The minimum Gasteiger partial charge on any atom is -0.258 e. The third kappa shape index (κ3) is 2.67. The number of rotatable bonds is 3. The summed E-state index contributed by atoms with van der Waals surface area (Å²) >= 11 is 3.16. The van der Waals surface area contributed by atoms with Gasteiger partial charge < -0.3 is 0 Å². The van der Waals surface area contributed by atoms with Crippen LogP contribution in [-0.4, -0.2) is 9.85 Å². The molecule has 0 radical (unpaired) electrons. The van der Waals surface area contributed by atoms with E-state index in [0.29, 0.717) is 4.47 Å². The largest absolute Gasteiger partial charge is 0.278 e. The van der Waals surface area contributed by atoms with E-state index < -0.39 is 9.85 Å². The summed E-state index contributed by atoms with van der Waals surface area (Å²) in [5.74, 6) is 0. The first-order valence-electron chi connectivity index (χ1n) is 5.59. The van der Waals surface area contributed by atoms with E-state index in [2.05, 4.69) is 15.9 Å². The molecule has 0 atom stereocenters. The van der Waals surface area contributed by atoms with Crippen molar-refractivity contribution < 1.29 is 9.85 Å². The van der Waals surface area contributed by atoms with Crippen LogP contribution in [0.2, 0.25) is 0 Å². The van der Waals surface area contributed by atoms with Gasteiger partial charge in [0, 0.05) is 16.6 Å². The SMILES string of the molecule is Cc1ccc(-c2ccc(Br)cc2[N+](=O)[O-])c([N+](=O)[O-])c1. The number of hydrogen-bond acceptors (Lipinski definition) is 4. The zero-order chi connectivity index (χ0) is 14.9. The van der Waals surface area contributed by atoms with E-state index in [1.165, 1.54) is 24.3 Å². The summed E-state index contributed by atoms with van der Waals surface area (Å²) in [6.45, 7) is 1.73. The fourth-order valence-corrected chi connectivity index (χ4v) is 2.25. The van der Waals surface area contributed by atoms with Crippen LogP contribution in [0.15, 0.2) is 40.9 Å². The molecule has 0 fully saturated rings. The number of benzene rings is 2. The number of halogens is 1. The van der Waals surface area contributed by atoms with E-state index in [1.807, 2.05) is 0 Å². The molecule has 6 nitrogen and oxygen atoms in total. The standard InChI is InChI=1S/C13H9BrN2O4/c1-8-2-4-10(12(6-8)15(17)18)11-5-3-9(14)7-13(11)16(19)20/h2-7H,1H3. The molecule has 7 heteroatoms. The third-order valence-corrected chi connectivity index (χ3v) is 3.29. The van der Waals surface area contributed by atoms with E-state index in [-0.39, 0.29) is 22.5 Å². The maximum absolute atomic E-state index is 11.1. The highest BCUT2D eigenvalue weighted by Gasteiger charge is 2.23. The number of nitro benzene ring substituents is 2. The Morgan fingerprint density at radius 3 is 1.95 bits per heavy atom. The topological polar surface area (TPSA) is 86.3 Å². The molecule has 0 amide bonds. The molecule has 0 unspecified atom stereocenters. The molecule has 0 aliphatic rings. The molecule has 0 aliphatic heterocycles. The lowest BCUT2D eigenvalue weighted by Crippen LogP contribution is -1.96. The van der Waals surface area contributed by atoms with Crippen LogP contribution in [0.5, 0.6) is 0 Å². The van der Waals surface area contributed by atoms with Gasteiger partial charge in [0.05, 0.1) is 21.0 Å². The van der Waals surface area contributed by atoms with Gasteiger partial charge >= 0.3 is 0 Å². The van der Waals surface area contributed by atoms with E-state index in [4.69, 9.17) is 0 Å². The minimum absolute atomic E-state index is 0.143. The van der Waals surface area contributed by atoms with Crippen LogP contribution in [0.1, 0.15) is 5.56 Å². The van der Waals surface area contributed by atoms with Gasteiger partial charge in [-0.1, -0.05) is 22.0 Å². The van der Waals surface area contributed by atoms with Crippen LogP contribution < -0.4 is 0 Å². The molecule has 0 saturated heterocycles. The number of aryl methyl sites for hydroxylation is 1. The van der Waals surface area contributed by atoms with Gasteiger partial charge in [0.2, 0.25) is 0 Å². The van der Waals surface area contributed by atoms with E-state index in [1.54, 1.807) is 19.1 Å². The van der Waals surface area contributed by atoms with Gasteiger partial charge in [-0.2, -0.15) is 0 Å². The van der Waals surface area contributed by atoms with Crippen LogP contribution in [0.25, 0.3) is 11.1 Å². The molecule has 0 spiro atoms. The van der Waals surface area contributed by atoms with E-state index in [9.17, 15) is 20.2 Å². The van der Waals surface area contributed by atoms with Crippen molar-refractivity contribution >= 4 is 27.3 Å². The Bertz CT molecular complexity index is 654. The van der Waals surface area contributed by atoms with E-state index in [0.717, 1.165) is 5.56 Å². The van der Waals surface area contributed by atoms with Crippen molar-refractivity contribution in [3.05, 3.63) is 66.7 Å². The maximum atomic E-state index is 11.1. The lowest BCUT2D eigenvalue weighted by molar-refractivity contribution is -0.386. The molecule has 0 saturated carbocycles. The Morgan fingerprint density at radius 2 is 1.40 bits per heavy atom. The van der Waals surface area contributed by atoms with Gasteiger partial charge in [0.15, 0.2) is 0 Å². The Hall–Kier alpha value is -2.28. The predicted molar refractivity (Wildman–Crippen MR) is 77.6 cm³/mol. The Kier molecular flexibility index (Phi) is 3.80. The molecule has 102 valence electrons. The average Bonchev–Trinajstić information content (AvgIpc) is 2.38. The summed E-state index contributed by atoms with van der Waals surface area (Å²) in [6, 6.07) is 9.07. The summed E-state index contributed by atoms with van der Waals surface area (Å²) < 4.78 is 0.544. The van der Waals surface area contributed by atoms with Gasteiger partial charge in [0.1, 0.15) is 0 Å². The quantitative estimate of drug-likeness (QED) is 0.619. The second kappa shape index (κ2) is 5.38. The van der Waals surface area contributed by atoms with Crippen LogP contribution in [0.3, 0.4) is 0 Å². The monoisotopic (exact) mass is 336 g/mol. The lowest BCUT2D eigenvalue weighted by Gasteiger charge is -2.06. The predicted octanol–water partition coefficient (Wildman–Crippen LogP) is 4.24. The highest BCUT2D eigenvalue weighted by atomic mass is 79.9. The van der Waals surface area contributed by atoms with Crippen LogP contribution in [-0.2, 0) is 0 Å². The van der Waals surface area contributed by atoms with Crippen molar-refractivity contribution in [3.8, 4) is 11.1 Å². The fraction of sp³-hybridized carbons (Fsp3) is 0.0769. The van der Waals surface area contributed by atoms with Gasteiger partial charge in [-0.05, 0) is 30.7 Å². The molecule has 0 aromatic heterocycles. The van der Waals surface area contributed by atoms with E-state index >= 15 is 0 Å². The summed E-state index contributed by atoms with van der Waals surface area (Å²) in [6.07, 6.45) is 0. The van der Waals surface area contributed by atoms with Crippen molar-refractivity contribution in [2.24, 2.45) is 0 Å². The Morgan fingerprint density at radius 1 is 0.900 bits per heavy atom. The average molecular weight is 337 g/mol. The highest BCUT2D eigenvalue weighted by Crippen LogP contribution is 2.37. The Labute approximate surface area is 122 Å². The summed E-state index contributed by atoms with van der Waals surface area (Å²) in [7, 11) is 0. The third-order valence-electron chi connectivity index (χ3n) is 2.80. The minimum atomic E-state index is -0.552. The summed E-state index contributed by atoms with van der Waals surface area (Å²) in [5, 5.41) is 22.2. The van der Waals surface area contributed by atoms with Crippen molar-refractivity contribution in [2.75, 3.05) is 0 Å². The second-order valence-corrected chi connectivity index (χ2v) is 5.11. The molecular formula is C13H9BrN2O4. The molecule has 2 aromatic carbocycles. The number of nitrogens with zero attached hydrogens (tertiary/aromatic N) is 2. The van der Waals surface area contributed by atoms with Gasteiger partial charge in [-0.3, -0.25) is 20.2 Å².